The summed E-state index contributed by atoms with van der Waals surface area (Å²) in [4.78, 5) is 12.6. The van der Waals surface area contributed by atoms with Gasteiger partial charge in [-0.2, -0.15) is 10.4 Å². The highest BCUT2D eigenvalue weighted by Crippen LogP contribution is 2.40. The molecular weight excluding hydrogens is 386 g/mol. The lowest BCUT2D eigenvalue weighted by Gasteiger charge is -2.10. The van der Waals surface area contributed by atoms with E-state index in [9.17, 15) is 10.1 Å². The van der Waals surface area contributed by atoms with Crippen LogP contribution in [0.25, 0.3) is 5.69 Å². The predicted molar refractivity (Wildman–Crippen MR) is 110 cm³/mol. The number of thioether (sulfide) groups is 1. The molecule has 0 unspecified atom stereocenters. The zero-order valence-electron chi connectivity index (χ0n) is 15.7. The number of anilines is 1. The molecule has 2 heterocycles. The summed E-state index contributed by atoms with van der Waals surface area (Å²) in [5.41, 5.74) is 1.06. The molecule has 9 heteroatoms. The van der Waals surface area contributed by atoms with Crippen molar-refractivity contribution in [2.24, 2.45) is 0 Å². The lowest BCUT2D eigenvalue weighted by atomic mass is 10.3. The Morgan fingerprint density at radius 1 is 1.34 bits per heavy atom. The first-order valence-electron chi connectivity index (χ1n) is 9.21. The van der Waals surface area contributed by atoms with Crippen LogP contribution in [-0.4, -0.2) is 36.2 Å². The molecule has 1 aromatic carbocycles. The highest BCUT2D eigenvalue weighted by molar-refractivity contribution is 7.99. The van der Waals surface area contributed by atoms with Gasteiger partial charge in [-0.15, -0.1) is 16.8 Å². The summed E-state index contributed by atoms with van der Waals surface area (Å²) in [6, 6.07) is 11.4. The van der Waals surface area contributed by atoms with Gasteiger partial charge in [0.1, 0.15) is 17.5 Å². The molecule has 146 valence electrons. The van der Waals surface area contributed by atoms with Crippen LogP contribution in [0, 0.1) is 11.3 Å². The van der Waals surface area contributed by atoms with Crippen molar-refractivity contribution >= 4 is 23.5 Å². The summed E-state index contributed by atoms with van der Waals surface area (Å²) in [6.07, 6.45) is 5.50. The summed E-state index contributed by atoms with van der Waals surface area (Å²) >= 11 is 1.32. The van der Waals surface area contributed by atoms with E-state index in [1.165, 1.54) is 18.0 Å². The molecule has 8 nitrogen and oxygen atoms in total. The van der Waals surface area contributed by atoms with Crippen molar-refractivity contribution in [3.63, 3.8) is 0 Å². The number of amides is 1. The first kappa shape index (κ1) is 19.0. The molecule has 0 radical (unpaired) electrons. The molecule has 0 spiro atoms. The lowest BCUT2D eigenvalue weighted by molar-refractivity contribution is -0.113. The molecular formula is C20H19N7OS. The number of benzene rings is 1. The van der Waals surface area contributed by atoms with Crippen molar-refractivity contribution in [3.8, 4) is 11.8 Å². The lowest BCUT2D eigenvalue weighted by Crippen LogP contribution is -2.18. The largest absolute Gasteiger partial charge is 0.309 e. The summed E-state index contributed by atoms with van der Waals surface area (Å²) in [6.45, 7) is 4.41. The van der Waals surface area contributed by atoms with Crippen LogP contribution in [0.5, 0.6) is 0 Å². The molecule has 29 heavy (non-hydrogen) atoms. The zero-order chi connectivity index (χ0) is 20.2. The topological polar surface area (TPSA) is 101 Å². The number of carbonyl (C=O) groups excluding carboxylic acids is 1. The fourth-order valence-corrected chi connectivity index (χ4v) is 3.72. The van der Waals surface area contributed by atoms with Gasteiger partial charge >= 0.3 is 0 Å². The van der Waals surface area contributed by atoms with E-state index in [1.807, 2.05) is 34.9 Å². The van der Waals surface area contributed by atoms with Gasteiger partial charge in [-0.05, 0) is 25.0 Å². The first-order chi connectivity index (χ1) is 14.2. The second-order valence-electron chi connectivity index (χ2n) is 6.62. The van der Waals surface area contributed by atoms with Gasteiger partial charge in [0.15, 0.2) is 11.0 Å². The minimum atomic E-state index is -0.245. The van der Waals surface area contributed by atoms with E-state index in [0.29, 0.717) is 29.0 Å². The minimum Gasteiger partial charge on any atom is -0.309 e. The van der Waals surface area contributed by atoms with Crippen molar-refractivity contribution in [1.82, 2.24) is 24.5 Å². The third-order valence-corrected chi connectivity index (χ3v) is 5.45. The Hall–Kier alpha value is -3.38. The van der Waals surface area contributed by atoms with E-state index in [0.717, 1.165) is 24.4 Å². The van der Waals surface area contributed by atoms with Crippen LogP contribution in [0.2, 0.25) is 0 Å². The van der Waals surface area contributed by atoms with Crippen LogP contribution in [-0.2, 0) is 11.3 Å². The van der Waals surface area contributed by atoms with E-state index in [4.69, 9.17) is 0 Å². The van der Waals surface area contributed by atoms with Crippen molar-refractivity contribution in [1.29, 1.82) is 5.26 Å². The fraction of sp³-hybridized carbons (Fsp3) is 0.250. The Morgan fingerprint density at radius 2 is 2.14 bits per heavy atom. The average Bonchev–Trinajstić information content (AvgIpc) is 3.39. The summed E-state index contributed by atoms with van der Waals surface area (Å²) < 4.78 is 3.56. The second kappa shape index (κ2) is 8.32. The number of rotatable bonds is 8. The zero-order valence-corrected chi connectivity index (χ0v) is 16.5. The van der Waals surface area contributed by atoms with Crippen LogP contribution in [0.4, 0.5) is 5.82 Å². The standard InChI is InChI=1S/C20H19N7OS/c1-2-10-26-19(14-8-9-14)24-25-20(26)29-13-17(28)23-18-15(11-21)12-22-27(18)16-6-4-3-5-7-16/h2-7,12,14H,1,8-10,13H2,(H,23,28). The summed E-state index contributed by atoms with van der Waals surface area (Å²) in [5, 5.41) is 25.6. The van der Waals surface area contributed by atoms with E-state index < -0.39 is 0 Å². The van der Waals surface area contributed by atoms with Gasteiger partial charge in [0, 0.05) is 12.5 Å². The molecule has 4 rings (SSSR count). The molecule has 1 saturated carbocycles. The second-order valence-corrected chi connectivity index (χ2v) is 7.56. The van der Waals surface area contributed by atoms with Crippen molar-refractivity contribution in [2.45, 2.75) is 30.5 Å². The van der Waals surface area contributed by atoms with Gasteiger partial charge in [0.05, 0.1) is 17.6 Å². The number of nitrogens with one attached hydrogen (secondary N) is 1. The minimum absolute atomic E-state index is 0.144. The number of allylic oxidation sites excluding steroid dienone is 1. The SMILES string of the molecule is C=CCn1c(SCC(=O)Nc2c(C#N)cnn2-c2ccccc2)nnc1C1CC1. The maximum Gasteiger partial charge on any atom is 0.236 e. The quantitative estimate of drug-likeness (QED) is 0.456. The van der Waals surface area contributed by atoms with Gasteiger partial charge in [-0.3, -0.25) is 4.79 Å². The molecule has 3 aromatic rings. The number of aromatic nitrogens is 5. The Bertz CT molecular complexity index is 1080. The van der Waals surface area contributed by atoms with E-state index >= 15 is 0 Å². The molecule has 0 bridgehead atoms. The third-order valence-electron chi connectivity index (χ3n) is 4.48. The summed E-state index contributed by atoms with van der Waals surface area (Å²) in [5.74, 6) is 1.68. The Kier molecular flexibility index (Phi) is 5.44. The van der Waals surface area contributed by atoms with Gasteiger partial charge in [-0.1, -0.05) is 36.0 Å². The first-order valence-corrected chi connectivity index (χ1v) is 10.2. The number of carbonyl (C=O) groups is 1. The fourth-order valence-electron chi connectivity index (χ4n) is 2.96. The van der Waals surface area contributed by atoms with Gasteiger partial charge in [0.25, 0.3) is 0 Å². The maximum atomic E-state index is 12.6. The molecule has 1 amide bonds. The van der Waals surface area contributed by atoms with Crippen LogP contribution < -0.4 is 5.32 Å². The normalized spacial score (nSPS) is 13.1. The van der Waals surface area contributed by atoms with Crippen LogP contribution in [0.1, 0.15) is 30.1 Å². The molecule has 1 aliphatic rings. The average molecular weight is 405 g/mol. The number of hydrogen-bond acceptors (Lipinski definition) is 6. The van der Waals surface area contributed by atoms with E-state index in [-0.39, 0.29) is 11.7 Å². The van der Waals surface area contributed by atoms with Crippen molar-refractivity contribution in [3.05, 3.63) is 60.6 Å². The third kappa shape index (κ3) is 4.07. The Labute approximate surface area is 172 Å². The monoisotopic (exact) mass is 405 g/mol. The van der Waals surface area contributed by atoms with Gasteiger partial charge in [0.2, 0.25) is 5.91 Å². The van der Waals surface area contributed by atoms with Crippen LogP contribution >= 0.6 is 11.8 Å². The van der Waals surface area contributed by atoms with Crippen molar-refractivity contribution in [2.75, 3.05) is 11.1 Å². The van der Waals surface area contributed by atoms with Crippen LogP contribution in [0.15, 0.2) is 54.3 Å². The Morgan fingerprint density at radius 3 is 2.83 bits per heavy atom. The number of hydrogen-bond donors (Lipinski definition) is 1. The molecule has 1 fully saturated rings. The smallest absolute Gasteiger partial charge is 0.236 e. The van der Waals surface area contributed by atoms with Crippen molar-refractivity contribution < 1.29 is 4.79 Å². The number of para-hydroxylation sites is 1. The van der Waals surface area contributed by atoms with Gasteiger partial charge < -0.3 is 9.88 Å². The molecule has 1 N–H and O–H groups in total. The number of nitriles is 1. The molecule has 2 aromatic heterocycles. The molecule has 0 aliphatic heterocycles. The predicted octanol–water partition coefficient (Wildman–Crippen LogP) is 3.13. The Balaban J connectivity index is 1.48. The highest BCUT2D eigenvalue weighted by Gasteiger charge is 2.30. The summed E-state index contributed by atoms with van der Waals surface area (Å²) in [7, 11) is 0. The molecule has 0 atom stereocenters. The highest BCUT2D eigenvalue weighted by atomic mass is 32.2. The molecule has 1 aliphatic carbocycles. The maximum absolute atomic E-state index is 12.6. The van der Waals surface area contributed by atoms with E-state index in [1.54, 1.807) is 10.8 Å². The van der Waals surface area contributed by atoms with Crippen LogP contribution in [0.3, 0.4) is 0 Å². The van der Waals surface area contributed by atoms with Gasteiger partial charge in [-0.25, -0.2) is 4.68 Å². The molecule has 0 saturated heterocycles. The van der Waals surface area contributed by atoms with E-state index in [2.05, 4.69) is 33.3 Å². The number of nitrogens with zero attached hydrogens (tertiary/aromatic N) is 6.